The topological polar surface area (TPSA) is 48.1 Å². The number of nitro groups is 1. The van der Waals surface area contributed by atoms with Crippen LogP contribution < -0.4 is 0 Å². The van der Waals surface area contributed by atoms with Crippen molar-refractivity contribution in [3.63, 3.8) is 0 Å². The van der Waals surface area contributed by atoms with Crippen molar-refractivity contribution in [2.24, 2.45) is 0 Å². The van der Waals surface area contributed by atoms with Crippen LogP contribution in [-0.4, -0.2) is 9.49 Å². The zero-order valence-electron chi connectivity index (χ0n) is 10.5. The Labute approximate surface area is 129 Å². The average molecular weight is 378 g/mol. The summed E-state index contributed by atoms with van der Waals surface area (Å²) in [5.41, 5.74) is 2.19. The molecule has 0 aliphatic carbocycles. The van der Waals surface area contributed by atoms with E-state index in [0.29, 0.717) is 6.54 Å². The van der Waals surface area contributed by atoms with Gasteiger partial charge < -0.3 is 4.57 Å². The van der Waals surface area contributed by atoms with Crippen LogP contribution in [-0.2, 0) is 6.54 Å². The normalized spacial score (nSPS) is 10.8. The van der Waals surface area contributed by atoms with Crippen molar-refractivity contribution < 1.29 is 4.92 Å². The molecule has 0 saturated carbocycles. The molecule has 5 heteroatoms. The molecule has 0 saturated heterocycles. The van der Waals surface area contributed by atoms with Crippen LogP contribution in [0.3, 0.4) is 0 Å². The van der Waals surface area contributed by atoms with Gasteiger partial charge in [0.15, 0.2) is 0 Å². The summed E-state index contributed by atoms with van der Waals surface area (Å²) in [6, 6.07) is 15.2. The van der Waals surface area contributed by atoms with Gasteiger partial charge in [0.2, 0.25) is 0 Å². The lowest BCUT2D eigenvalue weighted by Gasteiger charge is -2.06. The fourth-order valence-corrected chi connectivity index (χ4v) is 2.57. The van der Waals surface area contributed by atoms with Crippen LogP contribution in [0.25, 0.3) is 10.9 Å². The van der Waals surface area contributed by atoms with E-state index in [2.05, 4.69) is 46.9 Å². The van der Waals surface area contributed by atoms with Gasteiger partial charge in [-0.25, -0.2) is 0 Å². The quantitative estimate of drug-likeness (QED) is 0.390. The smallest absolute Gasteiger partial charge is 0.271 e. The van der Waals surface area contributed by atoms with E-state index in [1.807, 2.05) is 16.8 Å². The fraction of sp³-hybridized carbons (Fsp3) is 0.0667. The molecule has 0 amide bonds. The largest absolute Gasteiger partial charge is 0.343 e. The van der Waals surface area contributed by atoms with Crippen LogP contribution in [0.15, 0.2) is 54.7 Å². The molecule has 1 aromatic heterocycles. The molecule has 0 spiro atoms. The first kappa shape index (κ1) is 13.1. The summed E-state index contributed by atoms with van der Waals surface area (Å²) >= 11 is 2.27. The Morgan fingerprint density at radius 1 is 1.10 bits per heavy atom. The molecule has 1 heterocycles. The van der Waals surface area contributed by atoms with Crippen LogP contribution in [0.1, 0.15) is 5.56 Å². The third-order valence-electron chi connectivity index (χ3n) is 3.23. The molecule has 4 nitrogen and oxygen atoms in total. The average Bonchev–Trinajstić information content (AvgIpc) is 2.84. The zero-order valence-corrected chi connectivity index (χ0v) is 12.6. The SMILES string of the molecule is O=[N+]([O-])c1ccc2ccn(Cc3ccc(I)cc3)c2c1. The fourth-order valence-electron chi connectivity index (χ4n) is 2.21. The van der Waals surface area contributed by atoms with Crippen LogP contribution in [0.2, 0.25) is 0 Å². The monoisotopic (exact) mass is 378 g/mol. The number of halogens is 1. The van der Waals surface area contributed by atoms with Gasteiger partial charge in [-0.3, -0.25) is 10.1 Å². The number of benzene rings is 2. The van der Waals surface area contributed by atoms with Crippen molar-refractivity contribution in [2.45, 2.75) is 6.54 Å². The van der Waals surface area contributed by atoms with Gasteiger partial charge in [-0.05, 0) is 52.4 Å². The molecule has 0 bridgehead atoms. The van der Waals surface area contributed by atoms with Gasteiger partial charge >= 0.3 is 0 Å². The second-order valence-corrected chi connectivity index (χ2v) is 5.82. The highest BCUT2D eigenvalue weighted by Gasteiger charge is 2.09. The third kappa shape index (κ3) is 2.53. The van der Waals surface area contributed by atoms with Crippen LogP contribution in [0, 0.1) is 13.7 Å². The molecule has 20 heavy (non-hydrogen) atoms. The highest BCUT2D eigenvalue weighted by Crippen LogP contribution is 2.23. The van der Waals surface area contributed by atoms with Crippen molar-refractivity contribution >= 4 is 39.2 Å². The molecule has 0 fully saturated rings. The molecule has 0 aliphatic rings. The molecule has 2 aromatic carbocycles. The number of hydrogen-bond acceptors (Lipinski definition) is 2. The minimum absolute atomic E-state index is 0.125. The Morgan fingerprint density at radius 3 is 2.55 bits per heavy atom. The maximum absolute atomic E-state index is 10.9. The number of nitrogens with zero attached hydrogens (tertiary/aromatic N) is 2. The summed E-state index contributed by atoms with van der Waals surface area (Å²) in [5.74, 6) is 0. The van der Waals surface area contributed by atoms with Crippen molar-refractivity contribution in [1.29, 1.82) is 0 Å². The lowest BCUT2D eigenvalue weighted by molar-refractivity contribution is -0.384. The molecule has 3 rings (SSSR count). The summed E-state index contributed by atoms with van der Waals surface area (Å²) < 4.78 is 3.23. The minimum atomic E-state index is -0.359. The standard InChI is InChI=1S/C15H11IN2O2/c16-13-4-1-11(2-5-13)10-17-8-7-12-3-6-14(18(19)20)9-15(12)17/h1-9H,10H2. The Hall–Kier alpha value is -1.89. The van der Waals surface area contributed by atoms with E-state index >= 15 is 0 Å². The Morgan fingerprint density at radius 2 is 1.85 bits per heavy atom. The van der Waals surface area contributed by atoms with E-state index in [-0.39, 0.29) is 10.6 Å². The molecule has 0 N–H and O–H groups in total. The summed E-state index contributed by atoms with van der Waals surface area (Å²) in [6.07, 6.45) is 1.96. The zero-order chi connectivity index (χ0) is 14.1. The molecular formula is C15H11IN2O2. The number of aromatic nitrogens is 1. The highest BCUT2D eigenvalue weighted by molar-refractivity contribution is 14.1. The Kier molecular flexibility index (Phi) is 3.43. The van der Waals surface area contributed by atoms with E-state index in [1.165, 1.54) is 15.2 Å². The molecule has 100 valence electrons. The van der Waals surface area contributed by atoms with Crippen LogP contribution in [0.4, 0.5) is 5.69 Å². The first-order valence-electron chi connectivity index (χ1n) is 6.11. The predicted molar refractivity (Wildman–Crippen MR) is 86.9 cm³/mol. The van der Waals surface area contributed by atoms with Crippen LogP contribution in [0.5, 0.6) is 0 Å². The van der Waals surface area contributed by atoms with E-state index < -0.39 is 0 Å². The van der Waals surface area contributed by atoms with Gasteiger partial charge in [-0.2, -0.15) is 0 Å². The van der Waals surface area contributed by atoms with E-state index in [4.69, 9.17) is 0 Å². The maximum Gasteiger partial charge on any atom is 0.271 e. The summed E-state index contributed by atoms with van der Waals surface area (Å²) in [7, 11) is 0. The van der Waals surface area contributed by atoms with E-state index in [1.54, 1.807) is 12.1 Å². The van der Waals surface area contributed by atoms with E-state index in [9.17, 15) is 10.1 Å². The first-order valence-corrected chi connectivity index (χ1v) is 7.19. The Bertz CT molecular complexity index is 778. The van der Waals surface area contributed by atoms with Gasteiger partial charge in [0.25, 0.3) is 5.69 Å². The number of non-ortho nitro benzene ring substituents is 1. The van der Waals surface area contributed by atoms with Crippen molar-refractivity contribution in [3.8, 4) is 0 Å². The molecule has 0 aliphatic heterocycles. The highest BCUT2D eigenvalue weighted by atomic mass is 127. The summed E-state index contributed by atoms with van der Waals surface area (Å²) in [5, 5.41) is 11.9. The summed E-state index contributed by atoms with van der Waals surface area (Å²) in [6.45, 7) is 0.710. The second kappa shape index (κ2) is 5.24. The van der Waals surface area contributed by atoms with Gasteiger partial charge in [-0.1, -0.05) is 12.1 Å². The number of rotatable bonds is 3. The van der Waals surface area contributed by atoms with Crippen molar-refractivity contribution in [2.75, 3.05) is 0 Å². The second-order valence-electron chi connectivity index (χ2n) is 4.57. The van der Waals surface area contributed by atoms with Gasteiger partial charge in [0.05, 0.1) is 10.4 Å². The molecular weight excluding hydrogens is 367 g/mol. The van der Waals surface area contributed by atoms with Crippen LogP contribution >= 0.6 is 22.6 Å². The van der Waals surface area contributed by atoms with Crippen molar-refractivity contribution in [3.05, 3.63) is 74.0 Å². The molecule has 3 aromatic rings. The number of nitro benzene ring substituents is 1. The number of fused-ring (bicyclic) bond motifs is 1. The lowest BCUT2D eigenvalue weighted by Crippen LogP contribution is -1.98. The number of hydrogen-bond donors (Lipinski definition) is 0. The van der Waals surface area contributed by atoms with Gasteiger partial charge in [-0.15, -0.1) is 0 Å². The Balaban J connectivity index is 2.00. The van der Waals surface area contributed by atoms with Gasteiger partial charge in [0.1, 0.15) is 0 Å². The molecule has 0 unspecified atom stereocenters. The predicted octanol–water partition coefficient (Wildman–Crippen LogP) is 4.20. The first-order chi connectivity index (χ1) is 9.63. The molecule has 0 radical (unpaired) electrons. The van der Waals surface area contributed by atoms with Crippen molar-refractivity contribution in [1.82, 2.24) is 4.57 Å². The summed E-state index contributed by atoms with van der Waals surface area (Å²) in [4.78, 5) is 10.5. The van der Waals surface area contributed by atoms with E-state index in [0.717, 1.165) is 10.9 Å². The van der Waals surface area contributed by atoms with Gasteiger partial charge in [0, 0.05) is 33.8 Å². The minimum Gasteiger partial charge on any atom is -0.343 e. The third-order valence-corrected chi connectivity index (χ3v) is 3.95. The molecule has 0 atom stereocenters. The lowest BCUT2D eigenvalue weighted by atomic mass is 10.2. The maximum atomic E-state index is 10.9.